The van der Waals surface area contributed by atoms with Gasteiger partial charge in [0, 0.05) is 12.5 Å². The molecule has 0 radical (unpaired) electrons. The molecular weight excluding hydrogens is 140 g/mol. The predicted octanol–water partition coefficient (Wildman–Crippen LogP) is 1.82. The predicted molar refractivity (Wildman–Crippen MR) is 43.1 cm³/mol. The van der Waals surface area contributed by atoms with Crippen molar-refractivity contribution >= 4 is 5.97 Å². The maximum Gasteiger partial charge on any atom is 0.331 e. The van der Waals surface area contributed by atoms with Crippen molar-refractivity contribution in [3.63, 3.8) is 0 Å². The monoisotopic (exact) mass is 152 g/mol. The first-order chi connectivity index (χ1) is 5.09. The first kappa shape index (κ1) is 8.05. The number of cyclic esters (lactones) is 1. The smallest absolute Gasteiger partial charge is 0.331 e. The number of esters is 1. The quantitative estimate of drug-likeness (QED) is 0.445. The fourth-order valence-corrected chi connectivity index (χ4v) is 1.07. The average Bonchev–Trinajstić information content (AvgIpc) is 2.09. The average molecular weight is 152 g/mol. The molecule has 0 bridgehead atoms. The van der Waals surface area contributed by atoms with Gasteiger partial charge in [-0.1, -0.05) is 12.2 Å². The van der Waals surface area contributed by atoms with Gasteiger partial charge in [0.2, 0.25) is 0 Å². The van der Waals surface area contributed by atoms with Gasteiger partial charge >= 0.3 is 5.97 Å². The highest BCUT2D eigenvalue weighted by molar-refractivity contribution is 5.85. The van der Waals surface area contributed by atoms with Gasteiger partial charge in [-0.15, -0.1) is 0 Å². The zero-order chi connectivity index (χ0) is 8.43. The first-order valence-electron chi connectivity index (χ1n) is 3.63. The van der Waals surface area contributed by atoms with E-state index in [2.05, 4.69) is 6.58 Å². The number of ether oxygens (including phenoxy) is 1. The maximum atomic E-state index is 10.7. The highest BCUT2D eigenvalue weighted by Crippen LogP contribution is 2.20. The van der Waals surface area contributed by atoms with Gasteiger partial charge in [0.25, 0.3) is 0 Å². The minimum Gasteiger partial charge on any atom is -0.454 e. The molecule has 1 unspecified atom stereocenters. The Balaban J connectivity index is 2.57. The van der Waals surface area contributed by atoms with Crippen LogP contribution >= 0.6 is 0 Å². The molecule has 1 aliphatic heterocycles. The van der Waals surface area contributed by atoms with Gasteiger partial charge in [-0.3, -0.25) is 0 Å². The lowest BCUT2D eigenvalue weighted by Gasteiger charge is -2.10. The summed E-state index contributed by atoms with van der Waals surface area (Å²) in [7, 11) is 0. The molecule has 0 aromatic heterocycles. The zero-order valence-electron chi connectivity index (χ0n) is 6.89. The first-order valence-corrected chi connectivity index (χ1v) is 3.63. The summed E-state index contributed by atoms with van der Waals surface area (Å²) in [5.74, 6) is -0.228. The van der Waals surface area contributed by atoms with E-state index in [9.17, 15) is 4.79 Å². The molecule has 2 heteroatoms. The summed E-state index contributed by atoms with van der Waals surface area (Å²) in [5.41, 5.74) is 2.04. The van der Waals surface area contributed by atoms with Gasteiger partial charge in [0.1, 0.15) is 6.10 Å². The Morgan fingerprint density at radius 2 is 2.45 bits per heavy atom. The van der Waals surface area contributed by atoms with Crippen LogP contribution in [0.15, 0.2) is 23.8 Å². The fraction of sp³-hybridized carbons (Fsp3) is 0.444. The number of hydrogen-bond donors (Lipinski definition) is 0. The summed E-state index contributed by atoms with van der Waals surface area (Å²) in [6, 6.07) is 0. The van der Waals surface area contributed by atoms with Crippen molar-refractivity contribution in [1.29, 1.82) is 0 Å². The molecule has 0 spiro atoms. The van der Waals surface area contributed by atoms with Gasteiger partial charge in [0.05, 0.1) is 0 Å². The molecule has 2 nitrogen and oxygen atoms in total. The van der Waals surface area contributed by atoms with Gasteiger partial charge < -0.3 is 4.74 Å². The van der Waals surface area contributed by atoms with E-state index in [1.165, 1.54) is 6.08 Å². The Bertz CT molecular complexity index is 226. The summed E-state index contributed by atoms with van der Waals surface area (Å²) in [4.78, 5) is 10.7. The molecule has 0 fully saturated rings. The SMILES string of the molecule is C=C(C)CC1OC(=O)C=C1C. The highest BCUT2D eigenvalue weighted by atomic mass is 16.5. The number of carbonyl (C=O) groups excluding carboxylic acids is 1. The van der Waals surface area contributed by atoms with Crippen LogP contribution in [-0.2, 0) is 9.53 Å². The van der Waals surface area contributed by atoms with E-state index >= 15 is 0 Å². The Kier molecular flexibility index (Phi) is 2.13. The van der Waals surface area contributed by atoms with Crippen molar-refractivity contribution < 1.29 is 9.53 Å². The lowest BCUT2D eigenvalue weighted by Crippen LogP contribution is -2.10. The molecule has 0 saturated carbocycles. The second-order valence-corrected chi connectivity index (χ2v) is 2.98. The Morgan fingerprint density at radius 3 is 2.82 bits per heavy atom. The molecule has 0 aromatic rings. The summed E-state index contributed by atoms with van der Waals surface area (Å²) < 4.78 is 4.99. The van der Waals surface area contributed by atoms with Crippen LogP contribution in [0.1, 0.15) is 20.3 Å². The molecule has 1 atom stereocenters. The molecule has 1 rings (SSSR count). The zero-order valence-corrected chi connectivity index (χ0v) is 6.89. The third kappa shape index (κ3) is 1.93. The molecule has 0 amide bonds. The lowest BCUT2D eigenvalue weighted by molar-refractivity contribution is -0.138. The number of rotatable bonds is 2. The second kappa shape index (κ2) is 2.91. The van der Waals surface area contributed by atoms with Crippen LogP contribution in [-0.4, -0.2) is 12.1 Å². The van der Waals surface area contributed by atoms with Crippen molar-refractivity contribution in [3.05, 3.63) is 23.8 Å². The largest absolute Gasteiger partial charge is 0.454 e. The molecule has 0 aliphatic carbocycles. The summed E-state index contributed by atoms with van der Waals surface area (Å²) >= 11 is 0. The van der Waals surface area contributed by atoms with E-state index in [0.29, 0.717) is 0 Å². The molecular formula is C9H12O2. The number of hydrogen-bond acceptors (Lipinski definition) is 2. The van der Waals surface area contributed by atoms with Gasteiger partial charge in [-0.2, -0.15) is 0 Å². The normalized spacial score (nSPS) is 22.9. The van der Waals surface area contributed by atoms with Crippen LogP contribution in [0.5, 0.6) is 0 Å². The van der Waals surface area contributed by atoms with Crippen molar-refractivity contribution in [2.24, 2.45) is 0 Å². The lowest BCUT2D eigenvalue weighted by atomic mass is 10.1. The second-order valence-electron chi connectivity index (χ2n) is 2.98. The van der Waals surface area contributed by atoms with E-state index < -0.39 is 0 Å². The molecule has 0 aromatic carbocycles. The molecule has 1 aliphatic rings. The third-order valence-electron chi connectivity index (χ3n) is 1.65. The van der Waals surface area contributed by atoms with Gasteiger partial charge in [-0.05, 0) is 19.4 Å². The summed E-state index contributed by atoms with van der Waals surface area (Å²) in [6.45, 7) is 7.59. The van der Waals surface area contributed by atoms with E-state index in [1.807, 2.05) is 13.8 Å². The minimum absolute atomic E-state index is 0.0556. The van der Waals surface area contributed by atoms with Gasteiger partial charge in [-0.25, -0.2) is 4.79 Å². The Hall–Kier alpha value is -1.05. The Morgan fingerprint density at radius 1 is 1.82 bits per heavy atom. The summed E-state index contributed by atoms with van der Waals surface area (Å²) in [6.07, 6.45) is 2.22. The molecule has 0 saturated heterocycles. The Labute approximate surface area is 66.5 Å². The van der Waals surface area contributed by atoms with E-state index in [0.717, 1.165) is 17.6 Å². The molecule has 1 heterocycles. The van der Waals surface area contributed by atoms with Crippen LogP contribution < -0.4 is 0 Å². The van der Waals surface area contributed by atoms with E-state index in [4.69, 9.17) is 4.74 Å². The molecule has 60 valence electrons. The molecule has 11 heavy (non-hydrogen) atoms. The number of carbonyl (C=O) groups is 1. The van der Waals surface area contributed by atoms with E-state index in [-0.39, 0.29) is 12.1 Å². The van der Waals surface area contributed by atoms with Crippen LogP contribution in [0, 0.1) is 0 Å². The minimum atomic E-state index is -0.228. The molecule has 0 N–H and O–H groups in total. The topological polar surface area (TPSA) is 26.3 Å². The van der Waals surface area contributed by atoms with Crippen LogP contribution in [0.3, 0.4) is 0 Å². The van der Waals surface area contributed by atoms with Gasteiger partial charge in [0.15, 0.2) is 0 Å². The van der Waals surface area contributed by atoms with Crippen LogP contribution in [0.25, 0.3) is 0 Å². The van der Waals surface area contributed by atoms with Crippen LogP contribution in [0.4, 0.5) is 0 Å². The standard InChI is InChI=1S/C9H12O2/c1-6(2)4-8-7(3)5-9(10)11-8/h5,8H,1,4H2,2-3H3. The maximum absolute atomic E-state index is 10.7. The van der Waals surface area contributed by atoms with Crippen molar-refractivity contribution in [3.8, 4) is 0 Å². The van der Waals surface area contributed by atoms with Crippen LogP contribution in [0.2, 0.25) is 0 Å². The summed E-state index contributed by atoms with van der Waals surface area (Å²) in [5, 5.41) is 0. The van der Waals surface area contributed by atoms with Crippen molar-refractivity contribution in [2.75, 3.05) is 0 Å². The third-order valence-corrected chi connectivity index (χ3v) is 1.65. The highest BCUT2D eigenvalue weighted by Gasteiger charge is 2.22. The fourth-order valence-electron chi connectivity index (χ4n) is 1.07. The van der Waals surface area contributed by atoms with Crippen molar-refractivity contribution in [2.45, 2.75) is 26.4 Å². The van der Waals surface area contributed by atoms with E-state index in [1.54, 1.807) is 0 Å². The van der Waals surface area contributed by atoms with Crippen molar-refractivity contribution in [1.82, 2.24) is 0 Å².